The lowest BCUT2D eigenvalue weighted by Gasteiger charge is -2.15. The fourth-order valence-corrected chi connectivity index (χ4v) is 2.18. The number of carbonyl (C=O) groups excluding carboxylic acids is 3. The van der Waals surface area contributed by atoms with Gasteiger partial charge in [-0.2, -0.15) is 0 Å². The predicted molar refractivity (Wildman–Crippen MR) is 77.3 cm³/mol. The summed E-state index contributed by atoms with van der Waals surface area (Å²) in [6.45, 7) is 1.36. The molecule has 1 fully saturated rings. The molecule has 1 aromatic carbocycles. The van der Waals surface area contributed by atoms with Crippen LogP contribution in [-0.4, -0.2) is 44.3 Å². The first-order valence-corrected chi connectivity index (χ1v) is 6.81. The van der Waals surface area contributed by atoms with Crippen molar-refractivity contribution in [3.8, 4) is 0 Å². The van der Waals surface area contributed by atoms with E-state index in [4.69, 9.17) is 9.47 Å². The fourth-order valence-electron chi connectivity index (χ4n) is 2.18. The number of anilines is 1. The number of nitrogens with one attached hydrogen (secondary N) is 1. The van der Waals surface area contributed by atoms with Crippen molar-refractivity contribution in [2.24, 2.45) is 0 Å². The lowest BCUT2D eigenvalue weighted by atomic mass is 10.1. The Balaban J connectivity index is 2.30. The first-order valence-electron chi connectivity index (χ1n) is 6.81. The minimum Gasteiger partial charge on any atom is -0.467 e. The van der Waals surface area contributed by atoms with Crippen LogP contribution in [0.1, 0.15) is 18.8 Å². The average Bonchev–Trinajstić information content (AvgIpc) is 2.98. The van der Waals surface area contributed by atoms with Gasteiger partial charge in [-0.25, -0.2) is 9.59 Å². The Bertz CT molecular complexity index is 592. The molecule has 124 valence electrons. The molecule has 23 heavy (non-hydrogen) atoms. The Hall–Kier alpha value is -2.45. The third-order valence-corrected chi connectivity index (χ3v) is 3.21. The topological polar surface area (TPSA) is 100 Å². The molecule has 0 spiro atoms. The van der Waals surface area contributed by atoms with Crippen LogP contribution in [0.15, 0.2) is 24.3 Å². The Kier molecular flexibility index (Phi) is 5.30. The van der Waals surface area contributed by atoms with Crippen molar-refractivity contribution in [3.05, 3.63) is 29.8 Å². The molecular weight excluding hydrogens is 306 g/mol. The van der Waals surface area contributed by atoms with E-state index in [1.54, 1.807) is 24.3 Å². The zero-order valence-corrected chi connectivity index (χ0v) is 12.9. The second kappa shape index (κ2) is 7.21. The molecule has 1 saturated heterocycles. The van der Waals surface area contributed by atoms with E-state index in [-0.39, 0.29) is 5.91 Å². The third kappa shape index (κ3) is 3.66. The van der Waals surface area contributed by atoms with E-state index in [1.165, 1.54) is 21.1 Å². The summed E-state index contributed by atoms with van der Waals surface area (Å²) >= 11 is 0. The van der Waals surface area contributed by atoms with E-state index in [1.807, 2.05) is 0 Å². The highest BCUT2D eigenvalue weighted by Gasteiger charge is 2.47. The molecule has 1 aliphatic heterocycles. The van der Waals surface area contributed by atoms with E-state index in [9.17, 15) is 14.4 Å². The van der Waals surface area contributed by atoms with Crippen LogP contribution in [0.3, 0.4) is 0 Å². The van der Waals surface area contributed by atoms with Gasteiger partial charge in [-0.3, -0.25) is 4.79 Å². The van der Waals surface area contributed by atoms with Gasteiger partial charge in [-0.1, -0.05) is 18.2 Å². The SMILES string of the molecule is COC(=O)[C@@H]1OC(c2ccccc2NC(C)=O)O[C@H]1C(=O)OC. The van der Waals surface area contributed by atoms with E-state index < -0.39 is 30.4 Å². The summed E-state index contributed by atoms with van der Waals surface area (Å²) in [5.41, 5.74) is 0.933. The van der Waals surface area contributed by atoms with Crippen molar-refractivity contribution in [2.45, 2.75) is 25.4 Å². The summed E-state index contributed by atoms with van der Waals surface area (Å²) < 4.78 is 20.3. The molecule has 2 atom stereocenters. The standard InChI is InChI=1S/C15H17NO7/c1-8(17)16-10-7-5-4-6-9(10)15-22-11(13(18)20-2)12(23-15)14(19)21-3/h4-7,11-12,15H,1-3H3,(H,16,17)/t11-,12-/m1/s1. The summed E-state index contributed by atoms with van der Waals surface area (Å²) in [4.78, 5) is 34.8. The van der Waals surface area contributed by atoms with Gasteiger partial charge in [0.2, 0.25) is 5.91 Å². The van der Waals surface area contributed by atoms with Crippen LogP contribution in [0.25, 0.3) is 0 Å². The van der Waals surface area contributed by atoms with E-state index in [2.05, 4.69) is 14.8 Å². The van der Waals surface area contributed by atoms with E-state index in [0.717, 1.165) is 0 Å². The van der Waals surface area contributed by atoms with Crippen LogP contribution in [0.5, 0.6) is 0 Å². The number of ether oxygens (including phenoxy) is 4. The minimum atomic E-state index is -1.25. The highest BCUT2D eigenvalue weighted by atomic mass is 16.8. The van der Waals surface area contributed by atoms with Gasteiger partial charge in [-0.05, 0) is 6.07 Å². The van der Waals surface area contributed by atoms with E-state index >= 15 is 0 Å². The Morgan fingerprint density at radius 3 is 2.00 bits per heavy atom. The quantitative estimate of drug-likeness (QED) is 0.817. The maximum Gasteiger partial charge on any atom is 0.338 e. The highest BCUT2D eigenvalue weighted by molar-refractivity contribution is 5.90. The Morgan fingerprint density at radius 2 is 1.52 bits per heavy atom. The molecular formula is C15H17NO7. The number of hydrogen-bond acceptors (Lipinski definition) is 7. The molecule has 0 aromatic heterocycles. The molecule has 0 unspecified atom stereocenters. The van der Waals surface area contributed by atoms with Crippen molar-refractivity contribution in [1.29, 1.82) is 0 Å². The lowest BCUT2D eigenvalue weighted by Crippen LogP contribution is -2.38. The summed E-state index contributed by atoms with van der Waals surface area (Å²) in [6.07, 6.45) is -3.52. The molecule has 0 radical (unpaired) electrons. The summed E-state index contributed by atoms with van der Waals surface area (Å²) in [7, 11) is 2.36. The first-order chi connectivity index (χ1) is 11.0. The largest absolute Gasteiger partial charge is 0.467 e. The van der Waals surface area contributed by atoms with Crippen molar-refractivity contribution in [1.82, 2.24) is 0 Å². The van der Waals surface area contributed by atoms with Gasteiger partial charge >= 0.3 is 11.9 Å². The molecule has 0 aliphatic carbocycles. The highest BCUT2D eigenvalue weighted by Crippen LogP contribution is 2.36. The second-order valence-electron chi connectivity index (χ2n) is 4.76. The van der Waals surface area contributed by atoms with Gasteiger partial charge < -0.3 is 24.3 Å². The number of amides is 1. The van der Waals surface area contributed by atoms with Crippen LogP contribution in [0.4, 0.5) is 5.69 Å². The predicted octanol–water partition coefficient (Wildman–Crippen LogP) is 0.774. The van der Waals surface area contributed by atoms with Crippen molar-refractivity contribution < 1.29 is 33.3 Å². The summed E-state index contributed by atoms with van der Waals surface area (Å²) in [5.74, 6) is -1.77. The molecule has 0 bridgehead atoms. The van der Waals surface area contributed by atoms with Crippen LogP contribution in [-0.2, 0) is 33.3 Å². The van der Waals surface area contributed by atoms with Crippen LogP contribution in [0.2, 0.25) is 0 Å². The molecule has 1 amide bonds. The van der Waals surface area contributed by atoms with Gasteiger partial charge in [0.05, 0.1) is 14.2 Å². The molecule has 2 rings (SSSR count). The van der Waals surface area contributed by atoms with Crippen molar-refractivity contribution in [3.63, 3.8) is 0 Å². The molecule has 1 aliphatic rings. The Labute approximate surface area is 132 Å². The fraction of sp³-hybridized carbons (Fsp3) is 0.400. The second-order valence-corrected chi connectivity index (χ2v) is 4.76. The van der Waals surface area contributed by atoms with Crippen LogP contribution >= 0.6 is 0 Å². The third-order valence-electron chi connectivity index (χ3n) is 3.21. The molecule has 1 N–H and O–H groups in total. The van der Waals surface area contributed by atoms with Gasteiger partial charge in [0.15, 0.2) is 18.5 Å². The number of carbonyl (C=O) groups is 3. The number of benzene rings is 1. The van der Waals surface area contributed by atoms with Crippen molar-refractivity contribution >= 4 is 23.5 Å². The van der Waals surface area contributed by atoms with Gasteiger partial charge in [-0.15, -0.1) is 0 Å². The Morgan fingerprint density at radius 1 is 1.00 bits per heavy atom. The maximum absolute atomic E-state index is 11.8. The van der Waals surface area contributed by atoms with Gasteiger partial charge in [0.25, 0.3) is 0 Å². The number of rotatable bonds is 4. The first kappa shape index (κ1) is 16.9. The zero-order valence-electron chi connectivity index (χ0n) is 12.9. The summed E-state index contributed by atoms with van der Waals surface area (Å²) in [6, 6.07) is 6.75. The number of hydrogen-bond donors (Lipinski definition) is 1. The van der Waals surface area contributed by atoms with Gasteiger partial charge in [0, 0.05) is 18.2 Å². The molecule has 0 saturated carbocycles. The zero-order chi connectivity index (χ0) is 17.0. The number of para-hydroxylation sites is 1. The molecule has 1 heterocycles. The van der Waals surface area contributed by atoms with Crippen LogP contribution < -0.4 is 5.32 Å². The molecule has 8 heteroatoms. The monoisotopic (exact) mass is 323 g/mol. The van der Waals surface area contributed by atoms with Crippen LogP contribution in [0, 0.1) is 0 Å². The maximum atomic E-state index is 11.8. The number of methoxy groups -OCH3 is 2. The molecule has 8 nitrogen and oxygen atoms in total. The molecule has 1 aromatic rings. The smallest absolute Gasteiger partial charge is 0.338 e. The normalized spacial score (nSPS) is 20.8. The minimum absolute atomic E-state index is 0.274. The number of esters is 2. The summed E-state index contributed by atoms with van der Waals surface area (Å²) in [5, 5.41) is 2.64. The lowest BCUT2D eigenvalue weighted by molar-refractivity contribution is -0.160. The van der Waals surface area contributed by atoms with Crippen molar-refractivity contribution in [2.75, 3.05) is 19.5 Å². The average molecular weight is 323 g/mol. The van der Waals surface area contributed by atoms with Gasteiger partial charge in [0.1, 0.15) is 0 Å². The van der Waals surface area contributed by atoms with E-state index in [0.29, 0.717) is 11.3 Å².